The second-order valence-electron chi connectivity index (χ2n) is 7.28. The predicted molar refractivity (Wildman–Crippen MR) is 98.1 cm³/mol. The molecule has 2 fully saturated rings. The number of hydrogen-bond acceptors (Lipinski definition) is 5. The fourth-order valence-electron chi connectivity index (χ4n) is 4.11. The van der Waals surface area contributed by atoms with Gasteiger partial charge in [0.05, 0.1) is 6.61 Å². The number of hydrogen-bond donors (Lipinski definition) is 0. The Kier molecular flexibility index (Phi) is 5.91. The third-order valence-electron chi connectivity index (χ3n) is 5.54. The Bertz CT molecular complexity index is 774. The molecule has 7 heteroatoms. The third kappa shape index (κ3) is 3.45. The first-order valence-electron chi connectivity index (χ1n) is 9.73. The molecule has 2 aliphatic rings. The number of ketones is 1. The number of carbonyl (C=O) groups is 4. The van der Waals surface area contributed by atoms with Gasteiger partial charge in [0.15, 0.2) is 0 Å². The lowest BCUT2D eigenvalue weighted by Gasteiger charge is -2.31. The first kappa shape index (κ1) is 20.2. The number of benzene rings is 1. The molecule has 3 rings (SSSR count). The van der Waals surface area contributed by atoms with Crippen LogP contribution in [0.25, 0.3) is 0 Å². The van der Waals surface area contributed by atoms with Crippen molar-refractivity contribution in [2.24, 2.45) is 5.92 Å². The molecule has 1 heterocycles. The Morgan fingerprint density at radius 2 is 1.79 bits per heavy atom. The summed E-state index contributed by atoms with van der Waals surface area (Å²) in [5.41, 5.74) is -3.28. The molecule has 1 saturated carbocycles. The Morgan fingerprint density at radius 1 is 1.14 bits per heavy atom. The monoisotopic (exact) mass is 389 g/mol. The molecular weight excluding hydrogens is 365 g/mol. The molecule has 1 aromatic carbocycles. The zero-order chi connectivity index (χ0) is 20.3. The first-order valence-corrected chi connectivity index (χ1v) is 9.73. The van der Waals surface area contributed by atoms with Gasteiger partial charge in [-0.1, -0.05) is 49.6 Å². The van der Waals surface area contributed by atoms with Crippen molar-refractivity contribution in [2.75, 3.05) is 6.61 Å². The SMILES string of the molecule is CCOC(=O)[C@@](F)(C(=O)c1ccccc1)[C@H]1CC(=O)N(C2CCCCC2)C1=O. The van der Waals surface area contributed by atoms with Gasteiger partial charge in [-0.05, 0) is 19.8 Å². The van der Waals surface area contributed by atoms with E-state index < -0.39 is 41.6 Å². The van der Waals surface area contributed by atoms with Gasteiger partial charge in [0.2, 0.25) is 17.6 Å². The smallest absolute Gasteiger partial charge is 0.353 e. The van der Waals surface area contributed by atoms with Crippen LogP contribution in [-0.4, -0.2) is 46.8 Å². The standard InChI is InChI=1S/C21H24FNO5/c1-2-28-20(27)21(22,18(25)14-9-5-3-6-10-14)16-13-17(24)23(19(16)26)15-11-7-4-8-12-15/h3,5-6,9-10,15-16H,2,4,7-8,11-13H2,1H3/t16-,21-/m0/s1. The quantitative estimate of drug-likeness (QED) is 0.323. The van der Waals surface area contributed by atoms with Crippen LogP contribution in [0.5, 0.6) is 0 Å². The first-order chi connectivity index (χ1) is 13.4. The Labute approximate surface area is 163 Å². The van der Waals surface area contributed by atoms with E-state index in [0.717, 1.165) is 24.2 Å². The maximum absolute atomic E-state index is 16.1. The van der Waals surface area contributed by atoms with Crippen LogP contribution in [0.2, 0.25) is 0 Å². The number of halogens is 1. The zero-order valence-electron chi connectivity index (χ0n) is 15.9. The molecule has 150 valence electrons. The van der Waals surface area contributed by atoms with E-state index in [2.05, 4.69) is 0 Å². The Balaban J connectivity index is 1.96. The second-order valence-corrected chi connectivity index (χ2v) is 7.28. The van der Waals surface area contributed by atoms with Crippen LogP contribution in [0.4, 0.5) is 4.39 Å². The summed E-state index contributed by atoms with van der Waals surface area (Å²) in [5.74, 6) is -5.59. The zero-order valence-corrected chi connectivity index (χ0v) is 15.9. The minimum Gasteiger partial charge on any atom is -0.463 e. The topological polar surface area (TPSA) is 80.8 Å². The van der Waals surface area contributed by atoms with Crippen molar-refractivity contribution in [3.63, 3.8) is 0 Å². The van der Waals surface area contributed by atoms with Gasteiger partial charge in [-0.15, -0.1) is 0 Å². The summed E-state index contributed by atoms with van der Waals surface area (Å²) in [6.45, 7) is 1.34. The average Bonchev–Trinajstić information content (AvgIpc) is 3.02. The van der Waals surface area contributed by atoms with Crippen molar-refractivity contribution in [2.45, 2.75) is 57.2 Å². The molecule has 28 heavy (non-hydrogen) atoms. The number of esters is 1. The van der Waals surface area contributed by atoms with Crippen molar-refractivity contribution in [1.29, 1.82) is 0 Å². The molecule has 0 unspecified atom stereocenters. The van der Waals surface area contributed by atoms with Crippen molar-refractivity contribution < 1.29 is 28.3 Å². The lowest BCUT2D eigenvalue weighted by Crippen LogP contribution is -2.53. The number of likely N-dealkylation sites (tertiary alicyclic amines) is 1. The molecule has 0 spiro atoms. The van der Waals surface area contributed by atoms with Gasteiger partial charge < -0.3 is 4.74 Å². The molecule has 0 radical (unpaired) electrons. The van der Waals surface area contributed by atoms with Crippen LogP contribution in [-0.2, 0) is 19.1 Å². The average molecular weight is 389 g/mol. The van der Waals surface area contributed by atoms with E-state index in [1.807, 2.05) is 0 Å². The van der Waals surface area contributed by atoms with Crippen LogP contribution in [0.15, 0.2) is 30.3 Å². The van der Waals surface area contributed by atoms with Crippen molar-refractivity contribution >= 4 is 23.6 Å². The lowest BCUT2D eigenvalue weighted by atomic mass is 9.81. The van der Waals surface area contributed by atoms with Crippen LogP contribution in [0.1, 0.15) is 55.8 Å². The highest BCUT2D eigenvalue weighted by Gasteiger charge is 2.62. The van der Waals surface area contributed by atoms with Gasteiger partial charge in [0.1, 0.15) is 5.92 Å². The summed E-state index contributed by atoms with van der Waals surface area (Å²) in [7, 11) is 0. The number of carbonyl (C=O) groups excluding carboxylic acids is 4. The van der Waals surface area contributed by atoms with Gasteiger partial charge in [-0.3, -0.25) is 19.3 Å². The van der Waals surface area contributed by atoms with E-state index in [1.54, 1.807) is 6.07 Å². The molecular formula is C21H24FNO5. The lowest BCUT2D eigenvalue weighted by molar-refractivity contribution is -0.161. The molecule has 0 bridgehead atoms. The van der Waals surface area contributed by atoms with Crippen LogP contribution in [0.3, 0.4) is 0 Å². The van der Waals surface area contributed by atoms with Gasteiger partial charge in [0.25, 0.3) is 5.67 Å². The van der Waals surface area contributed by atoms with Gasteiger partial charge in [0, 0.05) is 18.0 Å². The molecule has 6 nitrogen and oxygen atoms in total. The Hall–Kier alpha value is -2.57. The van der Waals surface area contributed by atoms with E-state index in [4.69, 9.17) is 4.74 Å². The van der Waals surface area contributed by atoms with Gasteiger partial charge in [-0.25, -0.2) is 9.18 Å². The summed E-state index contributed by atoms with van der Waals surface area (Å²) in [6.07, 6.45) is 3.61. The normalized spacial score (nSPS) is 22.8. The number of ether oxygens (including phenoxy) is 1. The van der Waals surface area contributed by atoms with Crippen molar-refractivity contribution in [3.05, 3.63) is 35.9 Å². The third-order valence-corrected chi connectivity index (χ3v) is 5.54. The fourth-order valence-corrected chi connectivity index (χ4v) is 4.11. The van der Waals surface area contributed by atoms with Crippen LogP contribution >= 0.6 is 0 Å². The molecule has 0 N–H and O–H groups in total. The Morgan fingerprint density at radius 3 is 2.39 bits per heavy atom. The summed E-state index contributed by atoms with van der Waals surface area (Å²) < 4.78 is 20.9. The summed E-state index contributed by atoms with van der Waals surface area (Å²) >= 11 is 0. The maximum Gasteiger partial charge on any atom is 0.353 e. The van der Waals surface area contributed by atoms with Gasteiger partial charge in [-0.2, -0.15) is 0 Å². The molecule has 2 amide bonds. The molecule has 1 aromatic rings. The van der Waals surface area contributed by atoms with Gasteiger partial charge >= 0.3 is 5.97 Å². The van der Waals surface area contributed by atoms with E-state index in [9.17, 15) is 19.2 Å². The summed E-state index contributed by atoms with van der Waals surface area (Å²) in [6, 6.07) is 7.17. The summed E-state index contributed by atoms with van der Waals surface area (Å²) in [4.78, 5) is 52.1. The predicted octanol–water partition coefficient (Wildman–Crippen LogP) is 2.85. The molecule has 1 saturated heterocycles. The van der Waals surface area contributed by atoms with Crippen molar-refractivity contribution in [1.82, 2.24) is 4.90 Å². The van der Waals surface area contributed by atoms with E-state index >= 15 is 4.39 Å². The highest BCUT2D eigenvalue weighted by atomic mass is 19.1. The van der Waals surface area contributed by atoms with E-state index in [-0.39, 0.29) is 18.2 Å². The summed E-state index contributed by atoms with van der Waals surface area (Å²) in [5, 5.41) is 0. The number of amides is 2. The van der Waals surface area contributed by atoms with Crippen LogP contribution < -0.4 is 0 Å². The maximum atomic E-state index is 16.1. The van der Waals surface area contributed by atoms with Crippen LogP contribution in [0, 0.1) is 5.92 Å². The number of alkyl halides is 1. The van der Waals surface area contributed by atoms with E-state index in [0.29, 0.717) is 12.8 Å². The number of rotatable bonds is 6. The highest BCUT2D eigenvalue weighted by molar-refractivity contribution is 6.20. The molecule has 0 aromatic heterocycles. The second kappa shape index (κ2) is 8.20. The molecule has 1 aliphatic carbocycles. The van der Waals surface area contributed by atoms with E-state index in [1.165, 1.54) is 31.2 Å². The number of Topliss-reactive ketones (excluding diaryl/α,β-unsaturated/α-hetero) is 1. The molecule has 1 aliphatic heterocycles. The minimum atomic E-state index is -3.23. The number of imide groups is 1. The number of nitrogens with zero attached hydrogens (tertiary/aromatic N) is 1. The fraction of sp³-hybridized carbons (Fsp3) is 0.524. The van der Waals surface area contributed by atoms with Crippen molar-refractivity contribution in [3.8, 4) is 0 Å². The largest absolute Gasteiger partial charge is 0.463 e. The minimum absolute atomic E-state index is 0.0468. The molecule has 2 atom stereocenters. The highest BCUT2D eigenvalue weighted by Crippen LogP contribution is 2.39.